The van der Waals surface area contributed by atoms with Crippen molar-refractivity contribution < 1.29 is 13.5 Å². The third-order valence-corrected chi connectivity index (χ3v) is 6.81. The van der Waals surface area contributed by atoms with Crippen LogP contribution in [0.25, 0.3) is 16.9 Å². The second kappa shape index (κ2) is 9.79. The van der Waals surface area contributed by atoms with Crippen molar-refractivity contribution in [3.05, 3.63) is 36.2 Å². The standard InChI is InChI=1S/C24H31F2N7O/c1-15-14-34-11-10-32(15)20-12-21(31-24(30-20)28-13-16-6-8-17(27)9-7-16)33-19-5-3-2-4-18(19)29-23(33)22(25)26/h2-5,12,15-17,22H,6-11,13-14,27H2,1H3,(H,28,30,31)/t15-,16-,17-/m1/s1. The van der Waals surface area contributed by atoms with Crippen molar-refractivity contribution in [3.8, 4) is 5.82 Å². The summed E-state index contributed by atoms with van der Waals surface area (Å²) in [6.45, 7) is 4.63. The average Bonchev–Trinajstić information content (AvgIpc) is 3.24. The summed E-state index contributed by atoms with van der Waals surface area (Å²) in [6, 6.07) is 9.29. The molecule has 1 atom stereocenters. The van der Waals surface area contributed by atoms with Crippen molar-refractivity contribution >= 4 is 22.8 Å². The smallest absolute Gasteiger partial charge is 0.296 e. The number of anilines is 2. The molecule has 0 bridgehead atoms. The molecule has 2 aliphatic rings. The number of para-hydroxylation sites is 2. The third-order valence-electron chi connectivity index (χ3n) is 6.81. The lowest BCUT2D eigenvalue weighted by atomic mass is 9.86. The summed E-state index contributed by atoms with van der Waals surface area (Å²) in [5.41, 5.74) is 7.14. The Labute approximate surface area is 197 Å². The maximum absolute atomic E-state index is 14.0. The molecule has 10 heteroatoms. The van der Waals surface area contributed by atoms with Gasteiger partial charge in [0.25, 0.3) is 6.43 Å². The summed E-state index contributed by atoms with van der Waals surface area (Å²) in [5, 5.41) is 3.38. The van der Waals surface area contributed by atoms with E-state index in [-0.39, 0.29) is 17.9 Å². The number of rotatable bonds is 6. The topological polar surface area (TPSA) is 94.1 Å². The molecule has 2 aromatic heterocycles. The van der Waals surface area contributed by atoms with Crippen molar-refractivity contribution in [2.45, 2.75) is 51.1 Å². The van der Waals surface area contributed by atoms with Crippen LogP contribution in [0.5, 0.6) is 0 Å². The summed E-state index contributed by atoms with van der Waals surface area (Å²) >= 11 is 0. The van der Waals surface area contributed by atoms with Crippen LogP contribution in [0.3, 0.4) is 0 Å². The molecule has 0 radical (unpaired) electrons. The molecule has 1 saturated carbocycles. The van der Waals surface area contributed by atoms with Crippen LogP contribution in [0, 0.1) is 5.92 Å². The molecule has 1 aliphatic heterocycles. The number of hydrogen-bond donors (Lipinski definition) is 2. The Balaban J connectivity index is 1.54. The second-order valence-corrected chi connectivity index (χ2v) is 9.28. The van der Waals surface area contributed by atoms with E-state index in [0.717, 1.165) is 32.2 Å². The first-order valence-corrected chi connectivity index (χ1v) is 12.0. The van der Waals surface area contributed by atoms with Crippen LogP contribution in [0.4, 0.5) is 20.5 Å². The number of halogens is 2. The first-order chi connectivity index (χ1) is 16.5. The number of nitrogens with one attached hydrogen (secondary N) is 1. The zero-order chi connectivity index (χ0) is 23.7. The second-order valence-electron chi connectivity index (χ2n) is 9.28. The summed E-state index contributed by atoms with van der Waals surface area (Å²) in [5.74, 6) is 1.66. The number of nitrogens with zero attached hydrogens (tertiary/aromatic N) is 5. The molecule has 34 heavy (non-hydrogen) atoms. The maximum Gasteiger partial charge on any atom is 0.296 e. The zero-order valence-electron chi connectivity index (χ0n) is 19.3. The molecule has 1 saturated heterocycles. The van der Waals surface area contributed by atoms with Crippen LogP contribution in [0.1, 0.15) is 44.9 Å². The molecule has 2 fully saturated rings. The molecule has 0 unspecified atom stereocenters. The number of fused-ring (bicyclic) bond motifs is 1. The van der Waals surface area contributed by atoms with Crippen LogP contribution in [-0.4, -0.2) is 57.9 Å². The van der Waals surface area contributed by atoms with Gasteiger partial charge in [-0.2, -0.15) is 9.97 Å². The minimum atomic E-state index is -2.74. The fourth-order valence-corrected chi connectivity index (χ4v) is 4.89. The van der Waals surface area contributed by atoms with Gasteiger partial charge in [0.1, 0.15) is 11.6 Å². The number of alkyl halides is 2. The normalized spacial score (nSPS) is 23.6. The summed E-state index contributed by atoms with van der Waals surface area (Å²) in [4.78, 5) is 15.8. The van der Waals surface area contributed by atoms with E-state index >= 15 is 0 Å². The lowest BCUT2D eigenvalue weighted by Gasteiger charge is -2.34. The maximum atomic E-state index is 14.0. The van der Waals surface area contributed by atoms with Gasteiger partial charge in [-0.15, -0.1) is 0 Å². The van der Waals surface area contributed by atoms with Gasteiger partial charge < -0.3 is 20.7 Å². The van der Waals surface area contributed by atoms with Crippen molar-refractivity contribution in [1.82, 2.24) is 19.5 Å². The Morgan fingerprint density at radius 2 is 1.88 bits per heavy atom. The molecule has 0 amide bonds. The Kier molecular flexibility index (Phi) is 6.60. The first-order valence-electron chi connectivity index (χ1n) is 12.0. The molecule has 0 spiro atoms. The molecule has 5 rings (SSSR count). The van der Waals surface area contributed by atoms with E-state index in [4.69, 9.17) is 15.5 Å². The minimum absolute atomic E-state index is 0.110. The molecule has 3 aromatic rings. The molecule has 1 aliphatic carbocycles. The highest BCUT2D eigenvalue weighted by molar-refractivity contribution is 5.78. The van der Waals surface area contributed by atoms with Gasteiger partial charge in [0.05, 0.1) is 30.3 Å². The first kappa shape index (κ1) is 22.9. The Hall–Kier alpha value is -2.85. The number of benzene rings is 1. The third kappa shape index (κ3) is 4.69. The van der Waals surface area contributed by atoms with Gasteiger partial charge in [0.15, 0.2) is 5.82 Å². The van der Waals surface area contributed by atoms with Gasteiger partial charge in [-0.1, -0.05) is 12.1 Å². The summed E-state index contributed by atoms with van der Waals surface area (Å²) in [7, 11) is 0. The van der Waals surface area contributed by atoms with Crippen LogP contribution in [0.15, 0.2) is 30.3 Å². The number of ether oxygens (including phenoxy) is 1. The number of morpholine rings is 1. The van der Waals surface area contributed by atoms with Crippen LogP contribution in [-0.2, 0) is 4.74 Å². The molecular formula is C24H31F2N7O. The minimum Gasteiger partial charge on any atom is -0.377 e. The highest BCUT2D eigenvalue weighted by Gasteiger charge is 2.26. The van der Waals surface area contributed by atoms with Crippen LogP contribution < -0.4 is 16.0 Å². The van der Waals surface area contributed by atoms with E-state index in [9.17, 15) is 8.78 Å². The van der Waals surface area contributed by atoms with Crippen molar-refractivity contribution in [2.75, 3.05) is 36.5 Å². The summed E-state index contributed by atoms with van der Waals surface area (Å²) in [6.07, 6.45) is 1.41. The van der Waals surface area contributed by atoms with E-state index in [1.807, 2.05) is 6.07 Å². The van der Waals surface area contributed by atoms with Crippen molar-refractivity contribution in [2.24, 2.45) is 11.7 Å². The summed E-state index contributed by atoms with van der Waals surface area (Å²) < 4.78 is 35.1. The van der Waals surface area contributed by atoms with Gasteiger partial charge in [-0.25, -0.2) is 13.8 Å². The van der Waals surface area contributed by atoms with E-state index in [1.165, 1.54) is 4.57 Å². The Morgan fingerprint density at radius 3 is 2.65 bits per heavy atom. The van der Waals surface area contributed by atoms with Crippen molar-refractivity contribution in [3.63, 3.8) is 0 Å². The monoisotopic (exact) mass is 471 g/mol. The fraction of sp³-hybridized carbons (Fsp3) is 0.542. The molecule has 3 N–H and O–H groups in total. The average molecular weight is 472 g/mol. The predicted molar refractivity (Wildman–Crippen MR) is 128 cm³/mol. The molecular weight excluding hydrogens is 440 g/mol. The largest absolute Gasteiger partial charge is 0.377 e. The van der Waals surface area contributed by atoms with Gasteiger partial charge in [-0.05, 0) is 50.7 Å². The molecule has 182 valence electrons. The van der Waals surface area contributed by atoms with E-state index in [1.54, 1.807) is 24.3 Å². The lowest BCUT2D eigenvalue weighted by molar-refractivity contribution is 0.0985. The number of nitrogens with two attached hydrogens (primary N) is 1. The highest BCUT2D eigenvalue weighted by atomic mass is 19.3. The van der Waals surface area contributed by atoms with E-state index < -0.39 is 6.43 Å². The molecule has 8 nitrogen and oxygen atoms in total. The van der Waals surface area contributed by atoms with Gasteiger partial charge in [0.2, 0.25) is 5.95 Å². The van der Waals surface area contributed by atoms with E-state index in [0.29, 0.717) is 54.3 Å². The number of aromatic nitrogens is 4. The number of hydrogen-bond acceptors (Lipinski definition) is 7. The van der Waals surface area contributed by atoms with Gasteiger partial charge in [0, 0.05) is 25.2 Å². The highest BCUT2D eigenvalue weighted by Crippen LogP contribution is 2.30. The van der Waals surface area contributed by atoms with Crippen LogP contribution >= 0.6 is 0 Å². The van der Waals surface area contributed by atoms with Gasteiger partial charge >= 0.3 is 0 Å². The van der Waals surface area contributed by atoms with Gasteiger partial charge in [-0.3, -0.25) is 4.57 Å². The molecule has 3 heterocycles. The fourth-order valence-electron chi connectivity index (χ4n) is 4.89. The van der Waals surface area contributed by atoms with E-state index in [2.05, 4.69) is 27.1 Å². The molecule has 1 aromatic carbocycles. The zero-order valence-corrected chi connectivity index (χ0v) is 19.3. The lowest BCUT2D eigenvalue weighted by Crippen LogP contribution is -2.44. The van der Waals surface area contributed by atoms with Crippen molar-refractivity contribution in [1.29, 1.82) is 0 Å². The van der Waals surface area contributed by atoms with Crippen LogP contribution in [0.2, 0.25) is 0 Å². The SMILES string of the molecule is C[C@@H]1COCCN1c1cc(-n2c(C(F)F)nc3ccccc32)nc(NC[C@H]2CC[C@H](N)CC2)n1. The number of imidazole rings is 1. The predicted octanol–water partition coefficient (Wildman–Crippen LogP) is 3.91. The Bertz CT molecular complexity index is 1130. The Morgan fingerprint density at radius 1 is 1.12 bits per heavy atom. The quantitative estimate of drug-likeness (QED) is 0.563.